The molecule has 184 valence electrons. The molecule has 1 amide bonds. The summed E-state index contributed by atoms with van der Waals surface area (Å²) in [4.78, 5) is 18.0. The Morgan fingerprint density at radius 3 is 2.33 bits per heavy atom. The summed E-state index contributed by atoms with van der Waals surface area (Å²) < 4.78 is 8.14. The lowest BCUT2D eigenvalue weighted by Crippen LogP contribution is -2.44. The molecule has 1 aromatic heterocycles. The van der Waals surface area contributed by atoms with Crippen LogP contribution in [0.2, 0.25) is 0 Å². The summed E-state index contributed by atoms with van der Waals surface area (Å²) in [7, 11) is 2.15. The Morgan fingerprint density at radius 2 is 1.61 bits per heavy atom. The number of hydrogen-bond donors (Lipinski definition) is 1. The van der Waals surface area contributed by atoms with Crippen LogP contribution in [0, 0.1) is 13.8 Å². The molecule has 6 heteroatoms. The maximum absolute atomic E-state index is 13.3. The molecule has 2 heterocycles. The Hall–Kier alpha value is -4.03. The average molecular weight is 481 g/mol. The SMILES string of the molecule is Cc1ccn(-c2cc(NC(=O)c3ccc(C)c(Oc4ccccc4)c3)cc(N3CCN(C)CC3)c2)c1. The normalized spacial score (nSPS) is 14.0. The molecular formula is C30H32N4O2. The molecule has 1 aliphatic rings. The number of carbonyl (C=O) groups is 1. The lowest BCUT2D eigenvalue weighted by molar-refractivity contribution is 0.102. The van der Waals surface area contributed by atoms with E-state index in [0.29, 0.717) is 11.3 Å². The van der Waals surface area contributed by atoms with Crippen molar-refractivity contribution in [2.45, 2.75) is 13.8 Å². The van der Waals surface area contributed by atoms with Gasteiger partial charge in [-0.25, -0.2) is 0 Å². The first kappa shape index (κ1) is 23.7. The van der Waals surface area contributed by atoms with Gasteiger partial charge in [0.05, 0.1) is 0 Å². The van der Waals surface area contributed by atoms with Gasteiger partial charge in [-0.1, -0.05) is 24.3 Å². The van der Waals surface area contributed by atoms with Crippen molar-refractivity contribution >= 4 is 17.3 Å². The van der Waals surface area contributed by atoms with Gasteiger partial charge in [-0.3, -0.25) is 4.79 Å². The third kappa shape index (κ3) is 5.44. The summed E-state index contributed by atoms with van der Waals surface area (Å²) in [6.07, 6.45) is 4.15. The Labute approximate surface area is 212 Å². The van der Waals surface area contributed by atoms with E-state index >= 15 is 0 Å². The molecule has 5 rings (SSSR count). The van der Waals surface area contributed by atoms with E-state index in [0.717, 1.165) is 54.6 Å². The minimum absolute atomic E-state index is 0.168. The summed E-state index contributed by atoms with van der Waals surface area (Å²) >= 11 is 0. The molecule has 1 N–H and O–H groups in total. The number of anilines is 2. The van der Waals surface area contributed by atoms with E-state index in [4.69, 9.17) is 4.74 Å². The van der Waals surface area contributed by atoms with Crippen molar-refractivity contribution in [2.75, 3.05) is 43.4 Å². The van der Waals surface area contributed by atoms with Crippen LogP contribution in [0.1, 0.15) is 21.5 Å². The van der Waals surface area contributed by atoms with Crippen LogP contribution in [0.25, 0.3) is 5.69 Å². The van der Waals surface area contributed by atoms with E-state index in [9.17, 15) is 4.79 Å². The monoisotopic (exact) mass is 480 g/mol. The van der Waals surface area contributed by atoms with E-state index in [-0.39, 0.29) is 5.91 Å². The number of carbonyl (C=O) groups excluding carboxylic acids is 1. The molecular weight excluding hydrogens is 448 g/mol. The molecule has 0 spiro atoms. The number of para-hydroxylation sites is 1. The molecule has 1 fully saturated rings. The zero-order valence-electron chi connectivity index (χ0n) is 21.1. The van der Waals surface area contributed by atoms with Gasteiger partial charge in [0.2, 0.25) is 0 Å². The third-order valence-electron chi connectivity index (χ3n) is 6.59. The second-order valence-electron chi connectivity index (χ2n) is 9.47. The number of rotatable bonds is 6. The fourth-order valence-electron chi connectivity index (χ4n) is 4.40. The van der Waals surface area contributed by atoms with Crippen LogP contribution in [0.3, 0.4) is 0 Å². The van der Waals surface area contributed by atoms with E-state index in [1.807, 2.05) is 55.5 Å². The summed E-state index contributed by atoms with van der Waals surface area (Å²) in [5.41, 5.74) is 5.61. The standard InChI is InChI=1S/C30H32N4O2/c1-22-11-12-34(21-22)27-19-25(18-26(20-27)33-15-13-32(3)14-16-33)31-30(35)24-10-9-23(2)29(17-24)36-28-7-5-4-6-8-28/h4-12,17-21H,13-16H2,1-3H3,(H,31,35). The molecule has 1 saturated heterocycles. The maximum atomic E-state index is 13.3. The molecule has 36 heavy (non-hydrogen) atoms. The van der Waals surface area contributed by atoms with Crippen molar-refractivity contribution in [1.82, 2.24) is 9.47 Å². The van der Waals surface area contributed by atoms with Crippen molar-refractivity contribution in [3.63, 3.8) is 0 Å². The lowest BCUT2D eigenvalue weighted by Gasteiger charge is -2.34. The first-order valence-corrected chi connectivity index (χ1v) is 12.3. The highest BCUT2D eigenvalue weighted by atomic mass is 16.5. The van der Waals surface area contributed by atoms with Crippen LogP contribution in [0.5, 0.6) is 11.5 Å². The molecule has 0 aliphatic carbocycles. The minimum atomic E-state index is -0.168. The van der Waals surface area contributed by atoms with Gasteiger partial charge in [-0.05, 0) is 80.6 Å². The summed E-state index contributed by atoms with van der Waals surface area (Å²) in [6.45, 7) is 8.00. The highest BCUT2D eigenvalue weighted by molar-refractivity contribution is 6.05. The predicted molar refractivity (Wildman–Crippen MR) is 146 cm³/mol. The second kappa shape index (κ2) is 10.3. The molecule has 0 bridgehead atoms. The number of nitrogens with one attached hydrogen (secondary N) is 1. The fourth-order valence-corrected chi connectivity index (χ4v) is 4.40. The Kier molecular flexibility index (Phi) is 6.78. The highest BCUT2D eigenvalue weighted by Gasteiger charge is 2.17. The van der Waals surface area contributed by atoms with Gasteiger partial charge in [0, 0.05) is 61.2 Å². The number of benzene rings is 3. The summed E-state index contributed by atoms with van der Waals surface area (Å²) in [5, 5.41) is 3.13. The van der Waals surface area contributed by atoms with Gasteiger partial charge in [0.15, 0.2) is 0 Å². The molecule has 4 aromatic rings. The van der Waals surface area contributed by atoms with Crippen molar-refractivity contribution in [2.24, 2.45) is 0 Å². The number of nitrogens with zero attached hydrogens (tertiary/aromatic N) is 3. The highest BCUT2D eigenvalue weighted by Crippen LogP contribution is 2.29. The predicted octanol–water partition coefficient (Wildman–Crippen LogP) is 5.89. The number of likely N-dealkylation sites (N-methyl/N-ethyl adjacent to an activating group) is 1. The topological polar surface area (TPSA) is 49.7 Å². The van der Waals surface area contributed by atoms with Gasteiger partial charge in [0.25, 0.3) is 5.91 Å². The maximum Gasteiger partial charge on any atom is 0.255 e. The van der Waals surface area contributed by atoms with E-state index in [2.05, 4.69) is 64.2 Å². The molecule has 0 atom stereocenters. The zero-order valence-corrected chi connectivity index (χ0v) is 21.1. The van der Waals surface area contributed by atoms with Crippen LogP contribution in [-0.2, 0) is 0 Å². The van der Waals surface area contributed by atoms with Crippen LogP contribution >= 0.6 is 0 Å². The Morgan fingerprint density at radius 1 is 0.861 bits per heavy atom. The first-order chi connectivity index (χ1) is 17.4. The fraction of sp³-hybridized carbons (Fsp3) is 0.233. The van der Waals surface area contributed by atoms with Crippen molar-refractivity contribution in [3.05, 3.63) is 102 Å². The van der Waals surface area contributed by atoms with Gasteiger partial charge in [-0.15, -0.1) is 0 Å². The van der Waals surface area contributed by atoms with E-state index < -0.39 is 0 Å². The van der Waals surface area contributed by atoms with Crippen LogP contribution < -0.4 is 15.0 Å². The quantitative estimate of drug-likeness (QED) is 0.374. The molecule has 3 aromatic carbocycles. The van der Waals surface area contributed by atoms with Crippen LogP contribution in [-0.4, -0.2) is 48.6 Å². The lowest BCUT2D eigenvalue weighted by atomic mass is 10.1. The molecule has 0 saturated carbocycles. The number of ether oxygens (including phenoxy) is 1. The second-order valence-corrected chi connectivity index (χ2v) is 9.47. The third-order valence-corrected chi connectivity index (χ3v) is 6.59. The summed E-state index contributed by atoms with van der Waals surface area (Å²) in [5.74, 6) is 1.24. The Bertz CT molecular complexity index is 1350. The number of aromatic nitrogens is 1. The van der Waals surface area contributed by atoms with Gasteiger partial charge >= 0.3 is 0 Å². The van der Waals surface area contributed by atoms with Crippen molar-refractivity contribution in [3.8, 4) is 17.2 Å². The molecule has 6 nitrogen and oxygen atoms in total. The number of piperazine rings is 1. The van der Waals surface area contributed by atoms with Crippen molar-refractivity contribution < 1.29 is 9.53 Å². The first-order valence-electron chi connectivity index (χ1n) is 12.3. The smallest absolute Gasteiger partial charge is 0.255 e. The average Bonchev–Trinajstić information content (AvgIpc) is 3.32. The van der Waals surface area contributed by atoms with Gasteiger partial charge in [-0.2, -0.15) is 0 Å². The largest absolute Gasteiger partial charge is 0.457 e. The van der Waals surface area contributed by atoms with Crippen LogP contribution in [0.15, 0.2) is 85.2 Å². The number of aryl methyl sites for hydroxylation is 2. The minimum Gasteiger partial charge on any atom is -0.457 e. The van der Waals surface area contributed by atoms with Crippen LogP contribution in [0.4, 0.5) is 11.4 Å². The molecule has 1 aliphatic heterocycles. The number of amides is 1. The Balaban J connectivity index is 1.42. The van der Waals surface area contributed by atoms with E-state index in [1.54, 1.807) is 6.07 Å². The van der Waals surface area contributed by atoms with Crippen molar-refractivity contribution in [1.29, 1.82) is 0 Å². The molecule has 0 radical (unpaired) electrons. The summed E-state index contributed by atoms with van der Waals surface area (Å²) in [6, 6.07) is 23.5. The molecule has 0 unspecified atom stereocenters. The zero-order chi connectivity index (χ0) is 25.1. The van der Waals surface area contributed by atoms with Gasteiger partial charge in [0.1, 0.15) is 11.5 Å². The number of hydrogen-bond acceptors (Lipinski definition) is 4. The van der Waals surface area contributed by atoms with E-state index in [1.165, 1.54) is 5.56 Å². The van der Waals surface area contributed by atoms with Gasteiger partial charge < -0.3 is 24.4 Å².